The molecule has 1 aliphatic heterocycles. The number of hydrazine groups is 1. The maximum absolute atomic E-state index is 13.2. The number of nitriles is 1. The first-order chi connectivity index (χ1) is 17.2. The van der Waals surface area contributed by atoms with E-state index in [-0.39, 0.29) is 21.2 Å². The van der Waals surface area contributed by atoms with Crippen LogP contribution >= 0.6 is 0 Å². The highest BCUT2D eigenvalue weighted by atomic mass is 32.2. The molecule has 2 aromatic rings. The average Bonchev–Trinajstić information content (AvgIpc) is 3.06. The molecule has 4 amide bonds. The van der Waals surface area contributed by atoms with E-state index in [0.29, 0.717) is 4.90 Å². The number of imide groups is 1. The Morgan fingerprint density at radius 3 is 1.89 bits per heavy atom. The third-order valence-electron chi connectivity index (χ3n) is 5.07. The van der Waals surface area contributed by atoms with Crippen molar-refractivity contribution < 1.29 is 36.0 Å². The lowest BCUT2D eigenvalue weighted by Gasteiger charge is -2.17. The van der Waals surface area contributed by atoms with Gasteiger partial charge in [0, 0.05) is 5.69 Å². The fourth-order valence-electron chi connectivity index (χ4n) is 3.34. The Labute approximate surface area is 210 Å². The summed E-state index contributed by atoms with van der Waals surface area (Å²) in [7, 11) is -8.06. The fraction of sp³-hybridized carbons (Fsp3) is 0.150. The monoisotopic (exact) mass is 549 g/mol. The SMILES string of the molecule is N#CCC(=O)NNC1C(=O)N(c2ccc(S(N)(=O)=O)cc2)C(=O)C1C(=O)Nc1ccc(S(N)(=O)=O)cc1. The van der Waals surface area contributed by atoms with Gasteiger partial charge in [-0.05, 0) is 48.5 Å². The van der Waals surface area contributed by atoms with Crippen LogP contribution in [0.3, 0.4) is 0 Å². The predicted molar refractivity (Wildman–Crippen MR) is 126 cm³/mol. The molecule has 17 heteroatoms. The summed E-state index contributed by atoms with van der Waals surface area (Å²) < 4.78 is 45.8. The van der Waals surface area contributed by atoms with Gasteiger partial charge < -0.3 is 5.32 Å². The van der Waals surface area contributed by atoms with Crippen molar-refractivity contribution in [1.82, 2.24) is 10.9 Å². The van der Waals surface area contributed by atoms with Gasteiger partial charge in [-0.3, -0.25) is 24.6 Å². The zero-order valence-electron chi connectivity index (χ0n) is 18.6. The number of rotatable bonds is 8. The quantitative estimate of drug-likeness (QED) is 0.138. The van der Waals surface area contributed by atoms with Gasteiger partial charge in [-0.15, -0.1) is 0 Å². The van der Waals surface area contributed by atoms with E-state index in [1.54, 1.807) is 6.07 Å². The van der Waals surface area contributed by atoms with Gasteiger partial charge in [0.25, 0.3) is 5.91 Å². The third kappa shape index (κ3) is 6.14. The zero-order chi connectivity index (χ0) is 27.5. The topological polar surface area (TPSA) is 252 Å². The number of carbonyl (C=O) groups is 4. The fourth-order valence-corrected chi connectivity index (χ4v) is 4.37. The molecule has 1 heterocycles. The van der Waals surface area contributed by atoms with Crippen LogP contribution in [0.1, 0.15) is 6.42 Å². The summed E-state index contributed by atoms with van der Waals surface area (Å²) in [5.74, 6) is -5.53. The first-order valence-corrected chi connectivity index (χ1v) is 13.2. The minimum atomic E-state index is -4.06. The van der Waals surface area contributed by atoms with E-state index in [0.717, 1.165) is 36.4 Å². The van der Waals surface area contributed by atoms with E-state index < -0.39 is 62.1 Å². The molecule has 2 atom stereocenters. The molecule has 0 spiro atoms. The second-order valence-corrected chi connectivity index (χ2v) is 10.7. The Hall–Kier alpha value is -4.21. The summed E-state index contributed by atoms with van der Waals surface area (Å²) in [6.07, 6.45) is -0.576. The maximum Gasteiger partial charge on any atom is 0.254 e. The van der Waals surface area contributed by atoms with Crippen molar-refractivity contribution in [2.75, 3.05) is 10.2 Å². The molecule has 1 fully saturated rings. The number of hydrogen-bond acceptors (Lipinski definition) is 10. The Morgan fingerprint density at radius 1 is 0.892 bits per heavy atom. The number of benzene rings is 2. The Kier molecular flexibility index (Phi) is 7.71. The first-order valence-electron chi connectivity index (χ1n) is 10.1. The number of anilines is 2. The van der Waals surface area contributed by atoms with Gasteiger partial charge in [-0.25, -0.2) is 37.4 Å². The Morgan fingerprint density at radius 2 is 1.41 bits per heavy atom. The predicted octanol–water partition coefficient (Wildman–Crippen LogP) is -1.99. The van der Waals surface area contributed by atoms with Gasteiger partial charge in [-0.2, -0.15) is 5.26 Å². The number of amides is 4. The van der Waals surface area contributed by atoms with Crippen molar-refractivity contribution in [3.8, 4) is 6.07 Å². The van der Waals surface area contributed by atoms with Crippen molar-refractivity contribution in [2.45, 2.75) is 22.3 Å². The number of carbonyl (C=O) groups excluding carboxylic acids is 4. The molecular weight excluding hydrogens is 530 g/mol. The molecule has 3 rings (SSSR count). The highest BCUT2D eigenvalue weighted by molar-refractivity contribution is 7.89. The second kappa shape index (κ2) is 10.4. The highest BCUT2D eigenvalue weighted by Crippen LogP contribution is 2.29. The smallest absolute Gasteiger partial charge is 0.254 e. The number of nitrogens with one attached hydrogen (secondary N) is 3. The molecular formula is C20H19N7O8S2. The molecule has 0 bridgehead atoms. The van der Waals surface area contributed by atoms with Gasteiger partial charge in [0.1, 0.15) is 18.4 Å². The normalized spacial score (nSPS) is 17.8. The van der Waals surface area contributed by atoms with E-state index in [1.807, 2.05) is 0 Å². The second-order valence-electron chi connectivity index (χ2n) is 7.59. The third-order valence-corrected chi connectivity index (χ3v) is 6.93. The Bertz CT molecular complexity index is 1520. The standard InChI is InChI=1S/C20H19N7O8S2/c21-10-9-15(28)25-26-17-16(18(29)24-11-1-5-13(6-2-11)36(22,32)33)19(30)27(20(17)31)12-3-7-14(8-4-12)37(23,34)35/h1-8,16-17,26H,9H2,(H,24,29)(H,25,28)(H2,22,32,33)(H2,23,34,35). The number of primary sulfonamides is 2. The van der Waals surface area contributed by atoms with Crippen LogP contribution in [0.4, 0.5) is 11.4 Å². The van der Waals surface area contributed by atoms with Crippen LogP contribution in [-0.2, 0) is 39.2 Å². The molecule has 15 nitrogen and oxygen atoms in total. The summed E-state index contributed by atoms with van der Waals surface area (Å²) in [4.78, 5) is 51.2. The molecule has 0 saturated carbocycles. The summed E-state index contributed by atoms with van der Waals surface area (Å²) >= 11 is 0. The molecule has 7 N–H and O–H groups in total. The zero-order valence-corrected chi connectivity index (χ0v) is 20.2. The lowest BCUT2D eigenvalue weighted by molar-refractivity contribution is -0.131. The summed E-state index contributed by atoms with van der Waals surface area (Å²) in [6, 6.07) is 9.00. The summed E-state index contributed by atoms with van der Waals surface area (Å²) in [5, 5.41) is 21.1. The van der Waals surface area contributed by atoms with Crippen molar-refractivity contribution in [1.29, 1.82) is 5.26 Å². The van der Waals surface area contributed by atoms with Crippen molar-refractivity contribution in [3.05, 3.63) is 48.5 Å². The van der Waals surface area contributed by atoms with Crippen LogP contribution in [-0.4, -0.2) is 46.5 Å². The van der Waals surface area contributed by atoms with Crippen LogP contribution in [0, 0.1) is 17.2 Å². The molecule has 2 aromatic carbocycles. The van der Waals surface area contributed by atoms with Gasteiger partial charge in [0.15, 0.2) is 0 Å². The van der Waals surface area contributed by atoms with Crippen LogP contribution in [0.25, 0.3) is 0 Å². The van der Waals surface area contributed by atoms with E-state index in [9.17, 15) is 36.0 Å². The van der Waals surface area contributed by atoms with Gasteiger partial charge in [0.05, 0.1) is 21.5 Å². The number of nitrogens with two attached hydrogens (primary N) is 2. The molecule has 0 aliphatic carbocycles. The molecule has 37 heavy (non-hydrogen) atoms. The molecule has 2 unspecified atom stereocenters. The van der Waals surface area contributed by atoms with Crippen molar-refractivity contribution in [2.24, 2.45) is 16.2 Å². The number of nitrogens with zero attached hydrogens (tertiary/aromatic N) is 2. The molecule has 194 valence electrons. The lowest BCUT2D eigenvalue weighted by atomic mass is 10.0. The maximum atomic E-state index is 13.2. The minimum absolute atomic E-state index is 0.0703. The number of hydrogen-bond donors (Lipinski definition) is 5. The van der Waals surface area contributed by atoms with Crippen molar-refractivity contribution >= 4 is 55.1 Å². The van der Waals surface area contributed by atoms with Crippen LogP contribution in [0.2, 0.25) is 0 Å². The largest absolute Gasteiger partial charge is 0.325 e. The van der Waals surface area contributed by atoms with E-state index in [2.05, 4.69) is 16.2 Å². The lowest BCUT2D eigenvalue weighted by Crippen LogP contribution is -2.52. The van der Waals surface area contributed by atoms with Gasteiger partial charge in [0.2, 0.25) is 37.8 Å². The van der Waals surface area contributed by atoms with Gasteiger partial charge >= 0.3 is 0 Å². The average molecular weight is 550 g/mol. The summed E-state index contributed by atoms with van der Waals surface area (Å²) in [5.41, 5.74) is 4.37. The van der Waals surface area contributed by atoms with Crippen LogP contribution < -0.4 is 31.3 Å². The summed E-state index contributed by atoms with van der Waals surface area (Å²) in [6.45, 7) is 0. The minimum Gasteiger partial charge on any atom is -0.325 e. The number of sulfonamides is 2. The van der Waals surface area contributed by atoms with Crippen LogP contribution in [0.5, 0.6) is 0 Å². The molecule has 1 aliphatic rings. The highest BCUT2D eigenvalue weighted by Gasteiger charge is 2.52. The molecule has 1 saturated heterocycles. The molecule has 0 radical (unpaired) electrons. The van der Waals surface area contributed by atoms with Crippen molar-refractivity contribution in [3.63, 3.8) is 0 Å². The molecule has 0 aromatic heterocycles. The van der Waals surface area contributed by atoms with Crippen LogP contribution in [0.15, 0.2) is 58.3 Å². The van der Waals surface area contributed by atoms with E-state index in [4.69, 9.17) is 15.5 Å². The van der Waals surface area contributed by atoms with E-state index >= 15 is 0 Å². The van der Waals surface area contributed by atoms with E-state index in [1.165, 1.54) is 12.1 Å². The Balaban J connectivity index is 1.92. The van der Waals surface area contributed by atoms with Gasteiger partial charge in [-0.1, -0.05) is 0 Å². The first kappa shape index (κ1) is 27.4.